The van der Waals surface area contributed by atoms with Gasteiger partial charge in [-0.1, -0.05) is 13.8 Å². The predicted octanol–water partition coefficient (Wildman–Crippen LogP) is 3.56. The van der Waals surface area contributed by atoms with Gasteiger partial charge < -0.3 is 9.80 Å². The highest BCUT2D eigenvalue weighted by molar-refractivity contribution is 9.10. The van der Waals surface area contributed by atoms with Crippen LogP contribution in [0.2, 0.25) is 0 Å². The van der Waals surface area contributed by atoms with Gasteiger partial charge in [0.05, 0.1) is 10.6 Å². The average Bonchev–Trinajstić information content (AvgIpc) is 3.45. The minimum atomic E-state index is -3.66. The minimum Gasteiger partial charge on any atom is -0.343 e. The molecule has 3 rings (SSSR count). The maximum Gasteiger partial charge on any atom is 0.230 e. The molecule has 1 fully saturated rings. The summed E-state index contributed by atoms with van der Waals surface area (Å²) in [6, 6.07) is 3.42. The molecule has 1 aromatic rings. The van der Waals surface area contributed by atoms with Crippen molar-refractivity contribution >= 4 is 43.3 Å². The molecule has 29 heavy (non-hydrogen) atoms. The van der Waals surface area contributed by atoms with Crippen molar-refractivity contribution in [3.8, 4) is 0 Å². The van der Waals surface area contributed by atoms with Crippen molar-refractivity contribution in [2.45, 2.75) is 57.3 Å². The van der Waals surface area contributed by atoms with Crippen molar-refractivity contribution in [3.63, 3.8) is 0 Å². The van der Waals surface area contributed by atoms with E-state index in [1.165, 1.54) is 0 Å². The molecule has 1 aliphatic heterocycles. The zero-order valence-corrected chi connectivity index (χ0v) is 19.5. The Hall–Kier alpha value is -1.41. The third-order valence-electron chi connectivity index (χ3n) is 5.48. The zero-order valence-electron chi connectivity index (χ0n) is 17.1. The number of carbonyl (C=O) groups excluding carboxylic acids is 2. The van der Waals surface area contributed by atoms with Crippen LogP contribution in [0.5, 0.6) is 0 Å². The van der Waals surface area contributed by atoms with E-state index in [1.807, 2.05) is 19.9 Å². The number of hydrogen-bond donors (Lipinski definition) is 0. The van der Waals surface area contributed by atoms with Gasteiger partial charge in [-0.15, -0.1) is 0 Å². The number of halogens is 1. The highest BCUT2D eigenvalue weighted by Gasteiger charge is 2.37. The minimum absolute atomic E-state index is 0.0312. The third-order valence-corrected chi connectivity index (χ3v) is 8.15. The van der Waals surface area contributed by atoms with Crippen LogP contribution in [-0.4, -0.2) is 50.5 Å². The fraction of sp³-hybridized carbons (Fsp3) is 0.619. The number of benzene rings is 1. The SMILES string of the molecule is CCCN(CCC)C(=O)CCS(=O)(=O)c1cc2c(cc1Br)CCN2C(=O)C1CC1. The highest BCUT2D eigenvalue weighted by Crippen LogP contribution is 2.39. The molecule has 0 aromatic heterocycles. The third kappa shape index (κ3) is 5.02. The van der Waals surface area contributed by atoms with Crippen molar-refractivity contribution in [2.75, 3.05) is 30.3 Å². The molecule has 2 aliphatic rings. The van der Waals surface area contributed by atoms with Crippen LogP contribution >= 0.6 is 15.9 Å². The molecule has 160 valence electrons. The maximum atomic E-state index is 13.0. The van der Waals surface area contributed by atoms with Crippen LogP contribution in [0.4, 0.5) is 5.69 Å². The number of nitrogens with zero attached hydrogens (tertiary/aromatic N) is 2. The van der Waals surface area contributed by atoms with Gasteiger partial charge in [-0.25, -0.2) is 8.42 Å². The maximum absolute atomic E-state index is 13.0. The molecule has 0 unspecified atom stereocenters. The molecule has 0 bridgehead atoms. The van der Waals surface area contributed by atoms with Gasteiger partial charge >= 0.3 is 0 Å². The molecule has 1 saturated carbocycles. The van der Waals surface area contributed by atoms with Crippen LogP contribution in [-0.2, 0) is 25.8 Å². The molecule has 1 aliphatic carbocycles. The van der Waals surface area contributed by atoms with Gasteiger partial charge in [-0.3, -0.25) is 9.59 Å². The van der Waals surface area contributed by atoms with Crippen molar-refractivity contribution in [1.29, 1.82) is 0 Å². The summed E-state index contributed by atoms with van der Waals surface area (Å²) >= 11 is 3.39. The quantitative estimate of drug-likeness (QED) is 0.536. The van der Waals surface area contributed by atoms with E-state index in [-0.39, 0.29) is 34.8 Å². The lowest BCUT2D eigenvalue weighted by molar-refractivity contribution is -0.130. The van der Waals surface area contributed by atoms with E-state index in [9.17, 15) is 18.0 Å². The Balaban J connectivity index is 1.77. The fourth-order valence-electron chi connectivity index (χ4n) is 3.80. The van der Waals surface area contributed by atoms with Crippen LogP contribution in [0.15, 0.2) is 21.5 Å². The first-order valence-electron chi connectivity index (χ1n) is 10.4. The molecule has 2 amide bonds. The molecule has 0 radical (unpaired) electrons. The number of rotatable bonds is 9. The van der Waals surface area contributed by atoms with Gasteiger partial charge in [0.2, 0.25) is 11.8 Å². The summed E-state index contributed by atoms with van der Waals surface area (Å²) in [5, 5.41) is 0. The highest BCUT2D eigenvalue weighted by atomic mass is 79.9. The first-order chi connectivity index (χ1) is 13.8. The fourth-order valence-corrected chi connectivity index (χ4v) is 6.24. The second-order valence-electron chi connectivity index (χ2n) is 7.88. The summed E-state index contributed by atoms with van der Waals surface area (Å²) in [5.74, 6) is -0.172. The monoisotopic (exact) mass is 484 g/mol. The van der Waals surface area contributed by atoms with Gasteiger partial charge in [0.1, 0.15) is 0 Å². The van der Waals surface area contributed by atoms with Crippen LogP contribution in [0.25, 0.3) is 0 Å². The standard InChI is InChI=1S/C21H29BrN2O4S/c1-3-9-23(10-4-2)20(25)8-12-29(27,28)19-14-18-16(13-17(19)22)7-11-24(18)21(26)15-5-6-15/h13-15H,3-12H2,1-2H3. The molecular weight excluding hydrogens is 456 g/mol. The molecule has 0 N–H and O–H groups in total. The number of hydrogen-bond acceptors (Lipinski definition) is 4. The number of sulfone groups is 1. The summed E-state index contributed by atoms with van der Waals surface area (Å²) in [7, 11) is -3.66. The Bertz CT molecular complexity index is 890. The summed E-state index contributed by atoms with van der Waals surface area (Å²) in [6.07, 6.45) is 4.23. The lowest BCUT2D eigenvalue weighted by Crippen LogP contribution is -2.33. The van der Waals surface area contributed by atoms with E-state index in [0.29, 0.717) is 29.8 Å². The van der Waals surface area contributed by atoms with E-state index >= 15 is 0 Å². The summed E-state index contributed by atoms with van der Waals surface area (Å²) in [5.41, 5.74) is 1.69. The lowest BCUT2D eigenvalue weighted by Gasteiger charge is -2.21. The van der Waals surface area contributed by atoms with E-state index in [4.69, 9.17) is 0 Å². The molecule has 0 saturated heterocycles. The smallest absolute Gasteiger partial charge is 0.230 e. The lowest BCUT2D eigenvalue weighted by atomic mass is 10.2. The van der Waals surface area contributed by atoms with E-state index < -0.39 is 9.84 Å². The topological polar surface area (TPSA) is 74.8 Å². The largest absolute Gasteiger partial charge is 0.343 e. The molecule has 1 heterocycles. The molecule has 6 nitrogen and oxygen atoms in total. The normalized spacial score (nSPS) is 16.0. The zero-order chi connectivity index (χ0) is 21.2. The van der Waals surface area contributed by atoms with Crippen molar-refractivity contribution in [3.05, 3.63) is 22.2 Å². The van der Waals surface area contributed by atoms with Crippen molar-refractivity contribution in [1.82, 2.24) is 4.90 Å². The number of carbonyl (C=O) groups is 2. The Labute approximate surface area is 181 Å². The van der Waals surface area contributed by atoms with Crippen LogP contribution in [0.1, 0.15) is 51.5 Å². The molecule has 8 heteroatoms. The van der Waals surface area contributed by atoms with Crippen molar-refractivity contribution < 1.29 is 18.0 Å². The second-order valence-corrected chi connectivity index (χ2v) is 10.8. The van der Waals surface area contributed by atoms with Gasteiger partial charge in [-0.05, 0) is 65.7 Å². The van der Waals surface area contributed by atoms with Gasteiger partial charge in [0.25, 0.3) is 0 Å². The van der Waals surface area contributed by atoms with E-state index in [2.05, 4.69) is 15.9 Å². The Morgan fingerprint density at radius 2 is 1.83 bits per heavy atom. The summed E-state index contributed by atoms with van der Waals surface area (Å²) in [4.78, 5) is 28.7. The first-order valence-corrected chi connectivity index (χ1v) is 12.9. The summed E-state index contributed by atoms with van der Waals surface area (Å²) in [6.45, 7) is 5.90. The molecule has 0 spiro atoms. The van der Waals surface area contributed by atoms with Crippen LogP contribution in [0, 0.1) is 5.92 Å². The van der Waals surface area contributed by atoms with Gasteiger partial charge in [-0.2, -0.15) is 0 Å². The number of anilines is 1. The van der Waals surface area contributed by atoms with Crippen LogP contribution in [0.3, 0.4) is 0 Å². The van der Waals surface area contributed by atoms with E-state index in [1.54, 1.807) is 15.9 Å². The van der Waals surface area contributed by atoms with E-state index in [0.717, 1.165) is 37.7 Å². The average molecular weight is 485 g/mol. The Morgan fingerprint density at radius 3 is 2.41 bits per heavy atom. The molecule has 0 atom stereocenters. The Kier molecular flexibility index (Phi) is 7.04. The van der Waals surface area contributed by atoms with Crippen molar-refractivity contribution in [2.24, 2.45) is 5.92 Å². The van der Waals surface area contributed by atoms with Gasteiger partial charge in [0.15, 0.2) is 9.84 Å². The van der Waals surface area contributed by atoms with Gasteiger partial charge in [0, 0.05) is 42.1 Å². The summed E-state index contributed by atoms with van der Waals surface area (Å²) < 4.78 is 26.5. The molecular formula is C21H29BrN2O4S. The first kappa shape index (κ1) is 22.3. The predicted molar refractivity (Wildman–Crippen MR) is 117 cm³/mol. The molecule has 1 aromatic carbocycles. The number of amides is 2. The van der Waals surface area contributed by atoms with Crippen LogP contribution < -0.4 is 4.90 Å². The second kappa shape index (κ2) is 9.16. The Morgan fingerprint density at radius 1 is 1.17 bits per heavy atom. The number of fused-ring (bicyclic) bond motifs is 1.